The fourth-order valence-electron chi connectivity index (χ4n) is 4.88. The van der Waals surface area contributed by atoms with Crippen molar-refractivity contribution in [1.29, 1.82) is 0 Å². The Labute approximate surface area is 166 Å². The second-order valence-corrected chi connectivity index (χ2v) is 10.3. The minimum atomic E-state index is -3.16. The first-order chi connectivity index (χ1) is 13.6. The number of nitrogens with one attached hydrogen (secondary N) is 2. The Morgan fingerprint density at radius 1 is 1.29 bits per heavy atom. The highest BCUT2D eigenvalue weighted by molar-refractivity contribution is 7.90. The molecule has 3 heterocycles. The molecule has 150 valence electrons. The van der Waals surface area contributed by atoms with Crippen LogP contribution in [0.15, 0.2) is 24.5 Å². The van der Waals surface area contributed by atoms with E-state index in [1.54, 1.807) is 6.20 Å². The van der Waals surface area contributed by atoms with Crippen LogP contribution in [0.1, 0.15) is 45.4 Å². The fraction of sp³-hybridized carbons (Fsp3) is 0.600. The Morgan fingerprint density at radius 2 is 2.14 bits per heavy atom. The lowest BCUT2D eigenvalue weighted by Gasteiger charge is -2.26. The minimum absolute atomic E-state index is 0.0248. The number of nitrogens with zero attached hydrogens (tertiary/aromatic N) is 3. The van der Waals surface area contributed by atoms with Crippen molar-refractivity contribution in [2.75, 3.05) is 11.9 Å². The number of hydrogen-bond donors (Lipinski definition) is 2. The Kier molecular flexibility index (Phi) is 4.43. The number of fused-ring (bicyclic) bond motifs is 3. The number of aromatic nitrogens is 3. The number of allylic oxidation sites excluding steroid dienone is 1. The van der Waals surface area contributed by atoms with E-state index in [0.29, 0.717) is 11.8 Å². The molecule has 2 saturated carbocycles. The van der Waals surface area contributed by atoms with Crippen molar-refractivity contribution in [3.8, 4) is 11.5 Å². The Morgan fingerprint density at radius 3 is 2.93 bits per heavy atom. The number of anilines is 1. The van der Waals surface area contributed by atoms with Crippen LogP contribution in [0.25, 0.3) is 17.2 Å². The highest BCUT2D eigenvalue weighted by atomic mass is 32.2. The molecule has 3 unspecified atom stereocenters. The Hall–Kier alpha value is -1.93. The van der Waals surface area contributed by atoms with Gasteiger partial charge in [-0.05, 0) is 44.1 Å². The largest absolute Gasteiger partial charge is 0.370 e. The molecule has 0 saturated heterocycles. The first-order valence-electron chi connectivity index (χ1n) is 10.3. The molecular weight excluding hydrogens is 374 g/mol. The SMILES string of the molecule is CCC1CC(NS(=O)(=O)C2CC2)CC1C1=CCCNc2cnc3nccc-3n21. The topological polar surface area (TPSA) is 88.9 Å². The predicted octanol–water partition coefficient (Wildman–Crippen LogP) is 2.93. The van der Waals surface area contributed by atoms with Crippen LogP contribution in [0.5, 0.6) is 0 Å². The molecule has 2 N–H and O–H groups in total. The van der Waals surface area contributed by atoms with Crippen molar-refractivity contribution < 1.29 is 8.42 Å². The first kappa shape index (κ1) is 18.1. The van der Waals surface area contributed by atoms with Crippen molar-refractivity contribution in [1.82, 2.24) is 19.3 Å². The second-order valence-electron chi connectivity index (χ2n) is 8.28. The van der Waals surface area contributed by atoms with E-state index in [0.717, 1.165) is 62.4 Å². The molecule has 0 aromatic carbocycles. The zero-order chi connectivity index (χ0) is 19.3. The van der Waals surface area contributed by atoms with Gasteiger partial charge in [0.15, 0.2) is 5.82 Å². The molecule has 5 aliphatic rings. The smallest absolute Gasteiger partial charge is 0.214 e. The summed E-state index contributed by atoms with van der Waals surface area (Å²) < 4.78 is 30.2. The molecule has 0 aromatic heterocycles. The molecular formula is C20H27N5O2S. The normalized spacial score (nSPS) is 27.9. The van der Waals surface area contributed by atoms with Crippen LogP contribution in [-0.4, -0.2) is 40.8 Å². The standard InChI is InChI=1S/C20H27N5O2S/c1-2-13-10-14(24-28(26,27)15-5-6-15)11-16(13)17-4-3-8-21-19-12-23-20-18(25(17)19)7-9-22-20/h4,7,9,12-16,21,24H,2-3,5-6,8,10-11H2,1H3. The number of hydrogen-bond acceptors (Lipinski definition) is 5. The van der Waals surface area contributed by atoms with E-state index in [1.807, 2.05) is 12.3 Å². The van der Waals surface area contributed by atoms with Gasteiger partial charge < -0.3 is 5.32 Å². The van der Waals surface area contributed by atoms with Gasteiger partial charge in [0.2, 0.25) is 10.0 Å². The summed E-state index contributed by atoms with van der Waals surface area (Å²) in [6, 6.07) is 2.03. The minimum Gasteiger partial charge on any atom is -0.370 e. The summed E-state index contributed by atoms with van der Waals surface area (Å²) in [6.45, 7) is 3.08. The highest BCUT2D eigenvalue weighted by Crippen LogP contribution is 2.44. The van der Waals surface area contributed by atoms with Crippen LogP contribution in [0.3, 0.4) is 0 Å². The summed E-state index contributed by atoms with van der Waals surface area (Å²) in [5, 5.41) is 3.31. The van der Waals surface area contributed by atoms with Gasteiger partial charge in [0.25, 0.3) is 0 Å². The van der Waals surface area contributed by atoms with E-state index in [2.05, 4.69) is 37.6 Å². The first-order valence-corrected chi connectivity index (χ1v) is 11.9. The number of rotatable bonds is 5. The van der Waals surface area contributed by atoms with Crippen molar-refractivity contribution in [3.63, 3.8) is 0 Å². The molecule has 3 aliphatic heterocycles. The predicted molar refractivity (Wildman–Crippen MR) is 109 cm³/mol. The van der Waals surface area contributed by atoms with Crippen LogP contribution in [0, 0.1) is 11.8 Å². The van der Waals surface area contributed by atoms with Gasteiger partial charge in [-0.1, -0.05) is 19.4 Å². The summed E-state index contributed by atoms with van der Waals surface area (Å²) in [5.41, 5.74) is 2.27. The summed E-state index contributed by atoms with van der Waals surface area (Å²) >= 11 is 0. The third kappa shape index (κ3) is 3.12. The van der Waals surface area contributed by atoms with E-state index >= 15 is 0 Å². The molecule has 3 atom stereocenters. The van der Waals surface area contributed by atoms with Crippen LogP contribution in [0.4, 0.5) is 5.82 Å². The summed E-state index contributed by atoms with van der Waals surface area (Å²) in [5.74, 6) is 2.51. The van der Waals surface area contributed by atoms with Crippen molar-refractivity contribution >= 4 is 21.5 Å². The third-order valence-corrected chi connectivity index (χ3v) is 8.42. The maximum absolute atomic E-state index is 12.5. The monoisotopic (exact) mass is 401 g/mol. The molecule has 0 bridgehead atoms. The molecule has 0 radical (unpaired) electrons. The van der Waals surface area contributed by atoms with E-state index in [1.165, 1.54) is 5.70 Å². The maximum Gasteiger partial charge on any atom is 0.214 e. The average molecular weight is 402 g/mol. The quantitative estimate of drug-likeness (QED) is 0.804. The number of sulfonamides is 1. The third-order valence-electron chi connectivity index (χ3n) is 6.40. The highest BCUT2D eigenvalue weighted by Gasteiger charge is 2.42. The molecule has 0 amide bonds. The Balaban J connectivity index is 1.48. The van der Waals surface area contributed by atoms with E-state index in [4.69, 9.17) is 0 Å². The zero-order valence-corrected chi connectivity index (χ0v) is 17.0. The fourth-order valence-corrected chi connectivity index (χ4v) is 6.48. The van der Waals surface area contributed by atoms with Crippen molar-refractivity contribution in [2.45, 2.75) is 56.7 Å². The zero-order valence-electron chi connectivity index (χ0n) is 16.1. The molecule has 0 spiro atoms. The van der Waals surface area contributed by atoms with E-state index in [9.17, 15) is 8.42 Å². The maximum atomic E-state index is 12.5. The molecule has 7 nitrogen and oxygen atoms in total. The molecule has 2 fully saturated rings. The van der Waals surface area contributed by atoms with Gasteiger partial charge in [-0.2, -0.15) is 0 Å². The van der Waals surface area contributed by atoms with Gasteiger partial charge in [-0.25, -0.2) is 23.1 Å². The summed E-state index contributed by atoms with van der Waals surface area (Å²) in [4.78, 5) is 8.84. The molecule has 8 heteroatoms. The van der Waals surface area contributed by atoms with E-state index in [-0.39, 0.29) is 11.3 Å². The van der Waals surface area contributed by atoms with Gasteiger partial charge in [0, 0.05) is 30.4 Å². The molecule has 0 aromatic rings. The van der Waals surface area contributed by atoms with E-state index < -0.39 is 10.0 Å². The molecule has 28 heavy (non-hydrogen) atoms. The van der Waals surface area contributed by atoms with Crippen LogP contribution in [-0.2, 0) is 10.0 Å². The van der Waals surface area contributed by atoms with Gasteiger partial charge in [-0.15, -0.1) is 0 Å². The lowest BCUT2D eigenvalue weighted by Crippen LogP contribution is -2.35. The van der Waals surface area contributed by atoms with Gasteiger partial charge in [0.05, 0.1) is 17.1 Å². The van der Waals surface area contributed by atoms with Crippen LogP contribution >= 0.6 is 0 Å². The van der Waals surface area contributed by atoms with Gasteiger partial charge >= 0.3 is 0 Å². The summed E-state index contributed by atoms with van der Waals surface area (Å²) in [6.07, 6.45) is 11.3. The van der Waals surface area contributed by atoms with Crippen LogP contribution < -0.4 is 10.0 Å². The average Bonchev–Trinajstić information content (AvgIpc) is 3.38. The lowest BCUT2D eigenvalue weighted by atomic mass is 9.89. The molecule has 2 aliphatic carbocycles. The lowest BCUT2D eigenvalue weighted by molar-refractivity contribution is 0.443. The van der Waals surface area contributed by atoms with Gasteiger partial charge in [0.1, 0.15) is 5.82 Å². The summed E-state index contributed by atoms with van der Waals surface area (Å²) in [7, 11) is -3.16. The Bertz CT molecular complexity index is 978. The van der Waals surface area contributed by atoms with Crippen molar-refractivity contribution in [3.05, 3.63) is 24.5 Å². The molecule has 5 rings (SSSR count). The van der Waals surface area contributed by atoms with Crippen molar-refractivity contribution in [2.24, 2.45) is 11.8 Å². The van der Waals surface area contributed by atoms with Gasteiger partial charge in [-0.3, -0.25) is 4.57 Å². The van der Waals surface area contributed by atoms with Crippen LogP contribution in [0.2, 0.25) is 0 Å². The second kappa shape index (κ2) is 6.84.